The molecule has 3 heterocycles. The molecule has 1 aliphatic heterocycles. The summed E-state index contributed by atoms with van der Waals surface area (Å²) in [5, 5.41) is 2.37. The molecule has 0 N–H and O–H groups in total. The van der Waals surface area contributed by atoms with Crippen molar-refractivity contribution in [3.05, 3.63) is 174 Å². The molecule has 0 amide bonds. The van der Waals surface area contributed by atoms with Gasteiger partial charge in [0.05, 0.1) is 0 Å². The van der Waals surface area contributed by atoms with E-state index in [9.17, 15) is 0 Å². The minimum Gasteiger partial charge on any atom is -0.449 e. The Bertz CT molecular complexity index is 2820. The van der Waals surface area contributed by atoms with E-state index in [1.165, 1.54) is 42.6 Å². The second kappa shape index (κ2) is 11.5. The van der Waals surface area contributed by atoms with Gasteiger partial charge in [0.1, 0.15) is 0 Å². The Morgan fingerprint density at radius 1 is 0.404 bits per heavy atom. The van der Waals surface area contributed by atoms with Gasteiger partial charge >= 0.3 is 0 Å². The van der Waals surface area contributed by atoms with Crippen molar-refractivity contribution in [3.63, 3.8) is 0 Å². The Kier molecular flexibility index (Phi) is 6.42. The first kappa shape index (κ1) is 29.1. The average molecular weight is 686 g/mol. The number of benzene rings is 7. The van der Waals surface area contributed by atoms with E-state index in [1.54, 1.807) is 11.3 Å². The summed E-state index contributed by atoms with van der Waals surface area (Å²) < 4.78 is 15.3. The van der Waals surface area contributed by atoms with E-state index < -0.39 is 0 Å². The smallest absolute Gasteiger partial charge is 0.171 e. The predicted octanol–water partition coefficient (Wildman–Crippen LogP) is 12.3. The van der Waals surface area contributed by atoms with Crippen molar-refractivity contribution in [1.29, 1.82) is 0 Å². The molecule has 0 fully saturated rings. The highest BCUT2D eigenvalue weighted by atomic mass is 32.1. The first-order valence-electron chi connectivity index (χ1n) is 17.3. The third-order valence-electron chi connectivity index (χ3n) is 10.1. The van der Waals surface area contributed by atoms with Crippen LogP contribution in [0.2, 0.25) is 0 Å². The minimum absolute atomic E-state index is 0.174. The van der Waals surface area contributed by atoms with E-state index in [0.29, 0.717) is 40.5 Å². The van der Waals surface area contributed by atoms with Gasteiger partial charge in [-0.2, -0.15) is 0 Å². The second-order valence-electron chi connectivity index (χ2n) is 13.2. The van der Waals surface area contributed by atoms with Crippen LogP contribution in [0.5, 0.6) is 23.0 Å². The lowest BCUT2D eigenvalue weighted by Crippen LogP contribution is -2.02. The Morgan fingerprint density at radius 2 is 0.962 bits per heavy atom. The van der Waals surface area contributed by atoms with Crippen LogP contribution >= 0.6 is 11.3 Å². The van der Waals surface area contributed by atoms with E-state index in [-0.39, 0.29) is 5.92 Å². The number of fused-ring (bicyclic) bond motifs is 8. The maximum atomic E-state index is 6.52. The van der Waals surface area contributed by atoms with Crippen LogP contribution in [-0.2, 0) is 0 Å². The van der Waals surface area contributed by atoms with Gasteiger partial charge in [-0.15, -0.1) is 11.3 Å². The number of ether oxygens (including phenoxy) is 2. The van der Waals surface area contributed by atoms with Gasteiger partial charge in [0.2, 0.25) is 0 Å². The van der Waals surface area contributed by atoms with Crippen molar-refractivity contribution < 1.29 is 9.47 Å². The summed E-state index contributed by atoms with van der Waals surface area (Å²) in [6, 6.07) is 54.6. The molecule has 0 atom stereocenters. The Labute approximate surface area is 303 Å². The number of hydrogen-bond acceptors (Lipinski definition) is 6. The summed E-state index contributed by atoms with van der Waals surface area (Å²) in [6.45, 7) is 0. The molecular weight excluding hydrogens is 659 g/mol. The van der Waals surface area contributed by atoms with E-state index in [0.717, 1.165) is 22.1 Å². The zero-order chi connectivity index (χ0) is 34.2. The molecule has 5 nitrogen and oxygen atoms in total. The number of rotatable bonds is 4. The van der Waals surface area contributed by atoms with E-state index in [2.05, 4.69) is 109 Å². The lowest BCUT2D eigenvalue weighted by atomic mass is 9.89. The zero-order valence-electron chi connectivity index (χ0n) is 27.7. The van der Waals surface area contributed by atoms with Crippen molar-refractivity contribution in [2.75, 3.05) is 0 Å². The fourth-order valence-corrected chi connectivity index (χ4v) is 8.75. The lowest BCUT2D eigenvalue weighted by Gasteiger charge is -2.21. The van der Waals surface area contributed by atoms with Crippen molar-refractivity contribution >= 4 is 31.5 Å². The van der Waals surface area contributed by atoms with Crippen LogP contribution in [0, 0.1) is 0 Å². The molecule has 6 heteroatoms. The van der Waals surface area contributed by atoms with Crippen molar-refractivity contribution in [2.45, 2.75) is 5.92 Å². The highest BCUT2D eigenvalue weighted by molar-refractivity contribution is 7.25. The van der Waals surface area contributed by atoms with Crippen LogP contribution < -0.4 is 9.47 Å². The fraction of sp³-hybridized carbons (Fsp3) is 0.0217. The molecule has 7 aromatic carbocycles. The Hall–Kier alpha value is -6.63. The highest BCUT2D eigenvalue weighted by Crippen LogP contribution is 2.50. The molecule has 1 aliphatic carbocycles. The first-order chi connectivity index (χ1) is 25.7. The molecule has 0 unspecified atom stereocenters. The highest BCUT2D eigenvalue weighted by Gasteiger charge is 2.29. The molecule has 52 heavy (non-hydrogen) atoms. The Morgan fingerprint density at radius 3 is 1.71 bits per heavy atom. The molecule has 11 rings (SSSR count). The quantitative estimate of drug-likeness (QED) is 0.185. The van der Waals surface area contributed by atoms with Gasteiger partial charge < -0.3 is 9.47 Å². The van der Waals surface area contributed by atoms with Crippen LogP contribution in [-0.4, -0.2) is 15.0 Å². The predicted molar refractivity (Wildman–Crippen MR) is 208 cm³/mol. The molecule has 2 aliphatic rings. The molecule has 9 aromatic rings. The molecule has 0 saturated heterocycles. The maximum absolute atomic E-state index is 6.52. The van der Waals surface area contributed by atoms with Gasteiger partial charge in [0, 0.05) is 48.8 Å². The maximum Gasteiger partial charge on any atom is 0.171 e. The average Bonchev–Trinajstić information content (AvgIpc) is 3.74. The monoisotopic (exact) mass is 685 g/mol. The second-order valence-corrected chi connectivity index (χ2v) is 14.2. The van der Waals surface area contributed by atoms with Crippen LogP contribution in [0.4, 0.5) is 0 Å². The third-order valence-corrected chi connectivity index (χ3v) is 11.2. The summed E-state index contributed by atoms with van der Waals surface area (Å²) >= 11 is 1.76. The number of aromatic nitrogens is 3. The van der Waals surface area contributed by atoms with Gasteiger partial charge in [-0.25, -0.2) is 15.0 Å². The summed E-state index contributed by atoms with van der Waals surface area (Å²) in [5.41, 5.74) is 9.15. The van der Waals surface area contributed by atoms with Crippen LogP contribution in [0.3, 0.4) is 0 Å². The topological polar surface area (TPSA) is 57.1 Å². The first-order valence-corrected chi connectivity index (χ1v) is 18.1. The number of hydrogen-bond donors (Lipinski definition) is 0. The number of nitrogens with zero attached hydrogens (tertiary/aromatic N) is 3. The Balaban J connectivity index is 0.978. The van der Waals surface area contributed by atoms with Crippen molar-refractivity contribution in [2.24, 2.45) is 0 Å². The van der Waals surface area contributed by atoms with Gasteiger partial charge in [-0.1, -0.05) is 121 Å². The van der Waals surface area contributed by atoms with Crippen molar-refractivity contribution in [3.8, 4) is 68.3 Å². The van der Waals surface area contributed by atoms with Gasteiger partial charge in [-0.05, 0) is 58.1 Å². The molecule has 0 saturated carbocycles. The van der Waals surface area contributed by atoms with Crippen LogP contribution in [0.15, 0.2) is 158 Å². The summed E-state index contributed by atoms with van der Waals surface area (Å²) in [4.78, 5) is 15.0. The van der Waals surface area contributed by atoms with E-state index in [4.69, 9.17) is 24.4 Å². The van der Waals surface area contributed by atoms with Gasteiger partial charge in [-0.3, -0.25) is 0 Å². The van der Waals surface area contributed by atoms with Gasteiger partial charge in [0.15, 0.2) is 40.5 Å². The molecule has 0 radical (unpaired) electrons. The van der Waals surface area contributed by atoms with E-state index >= 15 is 0 Å². The lowest BCUT2D eigenvalue weighted by molar-refractivity contribution is 0.360. The zero-order valence-corrected chi connectivity index (χ0v) is 28.5. The standard InChI is InChI=1S/C46H27N3O2S/c1-2-10-28(11-3-1)44-47-45(29-20-18-27(19-21-29)43-34-15-6-4-12-31(34)32-13-5-7-16-35(32)43)49-46(48-44)30-22-23-37-38(24-30)51-39-25-36-33-14-8-9-17-41(33)52-42(36)26-40(39)50-37/h1-26,43H. The molecule has 0 bridgehead atoms. The molecule has 2 aromatic heterocycles. The number of thiophene rings is 1. The van der Waals surface area contributed by atoms with Gasteiger partial charge in [0.25, 0.3) is 0 Å². The normalized spacial score (nSPS) is 12.8. The SMILES string of the molecule is c1ccc(-c2nc(-c3ccc(C4c5ccccc5-c5ccccc54)cc3)nc(-c3ccc4c(c3)Oc3cc5c(cc3O4)sc3ccccc35)n2)cc1. The summed E-state index contributed by atoms with van der Waals surface area (Å²) in [5.74, 6) is 4.62. The van der Waals surface area contributed by atoms with Crippen molar-refractivity contribution in [1.82, 2.24) is 15.0 Å². The largest absolute Gasteiger partial charge is 0.449 e. The molecular formula is C46H27N3O2S. The van der Waals surface area contributed by atoms with Crippen LogP contribution in [0.1, 0.15) is 22.6 Å². The fourth-order valence-electron chi connectivity index (χ4n) is 7.63. The third kappa shape index (κ3) is 4.65. The summed E-state index contributed by atoms with van der Waals surface area (Å²) in [6.07, 6.45) is 0. The van der Waals surface area contributed by atoms with E-state index in [1.807, 2.05) is 48.5 Å². The summed E-state index contributed by atoms with van der Waals surface area (Å²) in [7, 11) is 0. The van der Waals surface area contributed by atoms with Crippen LogP contribution in [0.25, 0.3) is 65.5 Å². The molecule has 0 spiro atoms. The minimum atomic E-state index is 0.174. The molecule has 244 valence electrons.